The van der Waals surface area contributed by atoms with Crippen LogP contribution in [0.1, 0.15) is 335 Å². The molecular weight excluding hydrogens is 985 g/mol. The lowest BCUT2D eigenvalue weighted by atomic mass is 10.0. The second-order valence-corrected chi connectivity index (χ2v) is 22.7. The summed E-state index contributed by atoms with van der Waals surface area (Å²) in [6.07, 6.45) is 91.4. The lowest BCUT2D eigenvalue weighted by molar-refractivity contribution is -0.167. The molecule has 0 aliphatic rings. The fourth-order valence-electron chi connectivity index (χ4n) is 9.74. The first-order valence-electron chi connectivity index (χ1n) is 34.2. The number of carbonyl (C=O) groups is 3. The number of hydrogen-bond donors (Lipinski definition) is 0. The van der Waals surface area contributed by atoms with Gasteiger partial charge in [0.2, 0.25) is 0 Å². The molecule has 0 rings (SSSR count). The maximum absolute atomic E-state index is 12.9. The molecule has 6 nitrogen and oxygen atoms in total. The van der Waals surface area contributed by atoms with E-state index < -0.39 is 6.10 Å². The second kappa shape index (κ2) is 67.8. The van der Waals surface area contributed by atoms with E-state index in [0.29, 0.717) is 19.3 Å². The summed E-state index contributed by atoms with van der Waals surface area (Å²) >= 11 is 0. The van der Waals surface area contributed by atoms with Gasteiger partial charge in [-0.15, -0.1) is 0 Å². The van der Waals surface area contributed by atoms with Crippen LogP contribution in [0.15, 0.2) is 97.2 Å². The summed E-state index contributed by atoms with van der Waals surface area (Å²) in [6.45, 7) is 6.43. The maximum Gasteiger partial charge on any atom is 0.306 e. The molecular formula is C74H128O6. The normalized spacial score (nSPS) is 12.7. The molecule has 1 atom stereocenters. The number of ether oxygens (including phenoxy) is 3. The average molecular weight is 1110 g/mol. The van der Waals surface area contributed by atoms with Crippen LogP contribution in [0.3, 0.4) is 0 Å². The van der Waals surface area contributed by atoms with Crippen LogP contribution in [0.5, 0.6) is 0 Å². The minimum absolute atomic E-state index is 0.0824. The Morgan fingerprint density at radius 2 is 0.487 bits per heavy atom. The molecule has 0 bridgehead atoms. The first-order chi connectivity index (χ1) is 39.5. The fourth-order valence-corrected chi connectivity index (χ4v) is 9.74. The van der Waals surface area contributed by atoms with Gasteiger partial charge in [-0.3, -0.25) is 14.4 Å². The summed E-state index contributed by atoms with van der Waals surface area (Å²) < 4.78 is 17.0. The number of allylic oxidation sites excluding steroid dienone is 16. The third kappa shape index (κ3) is 65.1. The molecule has 0 N–H and O–H groups in total. The van der Waals surface area contributed by atoms with Gasteiger partial charge in [0.25, 0.3) is 0 Å². The zero-order valence-electron chi connectivity index (χ0n) is 52.8. The molecule has 0 heterocycles. The molecule has 460 valence electrons. The van der Waals surface area contributed by atoms with Gasteiger partial charge in [0, 0.05) is 19.3 Å². The number of hydrogen-bond acceptors (Lipinski definition) is 6. The van der Waals surface area contributed by atoms with Gasteiger partial charge in [0.05, 0.1) is 0 Å². The van der Waals surface area contributed by atoms with Crippen LogP contribution in [0.4, 0.5) is 0 Å². The Morgan fingerprint density at radius 3 is 0.775 bits per heavy atom. The quantitative estimate of drug-likeness (QED) is 0.0261. The van der Waals surface area contributed by atoms with Crippen LogP contribution in [-0.2, 0) is 28.6 Å². The van der Waals surface area contributed by atoms with Crippen LogP contribution in [0.2, 0.25) is 0 Å². The Balaban J connectivity index is 4.27. The van der Waals surface area contributed by atoms with Gasteiger partial charge in [-0.1, -0.05) is 298 Å². The van der Waals surface area contributed by atoms with Gasteiger partial charge in [-0.2, -0.15) is 0 Å². The van der Waals surface area contributed by atoms with Crippen molar-refractivity contribution in [3.05, 3.63) is 97.2 Å². The van der Waals surface area contributed by atoms with Crippen molar-refractivity contribution in [3.8, 4) is 0 Å². The van der Waals surface area contributed by atoms with E-state index in [1.54, 1.807) is 0 Å². The highest BCUT2D eigenvalue weighted by Gasteiger charge is 2.19. The van der Waals surface area contributed by atoms with E-state index in [1.165, 1.54) is 173 Å². The van der Waals surface area contributed by atoms with Gasteiger partial charge < -0.3 is 14.2 Å². The Labute approximate surface area is 496 Å². The summed E-state index contributed by atoms with van der Waals surface area (Å²) in [5.41, 5.74) is 0. The third-order valence-electron chi connectivity index (χ3n) is 14.8. The van der Waals surface area contributed by atoms with Gasteiger partial charge in [-0.25, -0.2) is 0 Å². The zero-order valence-corrected chi connectivity index (χ0v) is 52.8. The zero-order chi connectivity index (χ0) is 57.8. The van der Waals surface area contributed by atoms with E-state index in [9.17, 15) is 14.4 Å². The monoisotopic (exact) mass is 1110 g/mol. The first kappa shape index (κ1) is 76.3. The van der Waals surface area contributed by atoms with Crippen LogP contribution < -0.4 is 0 Å². The standard InChI is InChI=1S/C74H128O6/c1-4-7-10-13-16-19-22-25-28-30-32-33-34-35-36-37-38-39-40-41-42-44-46-49-52-55-58-61-64-67-73(76)79-70-71(69-78-72(75)66-63-60-57-54-51-48-45-27-24-21-18-15-12-9-6-3)80-74(77)68-65-62-59-56-53-50-47-43-31-29-26-23-20-17-14-11-8-5-2/h7,9-10,12,16,18-19,21,25,27-29,31-33,45,71H,4-6,8,11,13-15,17,20,22-24,26,30,34-44,46-70H2,1-3H3/b10-7-,12-9-,19-16-,21-18-,28-25-,31-29-,33-32-,45-27-. The van der Waals surface area contributed by atoms with Gasteiger partial charge >= 0.3 is 17.9 Å². The van der Waals surface area contributed by atoms with E-state index in [1.807, 2.05) is 0 Å². The largest absolute Gasteiger partial charge is 0.462 e. The number of carbonyl (C=O) groups excluding carboxylic acids is 3. The second-order valence-electron chi connectivity index (χ2n) is 22.7. The summed E-state index contributed by atoms with van der Waals surface area (Å²) in [4.78, 5) is 38.4. The van der Waals surface area contributed by atoms with Crippen LogP contribution in [0.25, 0.3) is 0 Å². The molecule has 0 aliphatic carbocycles. The Morgan fingerprint density at radius 1 is 0.263 bits per heavy atom. The van der Waals surface area contributed by atoms with E-state index in [-0.39, 0.29) is 31.1 Å². The molecule has 0 saturated heterocycles. The van der Waals surface area contributed by atoms with E-state index >= 15 is 0 Å². The van der Waals surface area contributed by atoms with Gasteiger partial charge in [-0.05, 0) is 116 Å². The molecule has 0 radical (unpaired) electrons. The maximum atomic E-state index is 12.9. The van der Waals surface area contributed by atoms with Crippen molar-refractivity contribution in [3.63, 3.8) is 0 Å². The highest BCUT2D eigenvalue weighted by Crippen LogP contribution is 2.17. The molecule has 0 amide bonds. The van der Waals surface area contributed by atoms with Crippen molar-refractivity contribution in [2.24, 2.45) is 0 Å². The lowest BCUT2D eigenvalue weighted by Crippen LogP contribution is -2.30. The SMILES string of the molecule is CC/C=C\C/C=C\C/C=C\C/C=C\CCCCCCCCCCCCCCCCCCC(=O)OCC(COC(=O)CCCCCCC/C=C\C/C=C\C/C=C\CC)OC(=O)CCCCCCCCC/C=C\CCCCCCCCC. The van der Waals surface area contributed by atoms with Crippen LogP contribution >= 0.6 is 0 Å². The predicted molar refractivity (Wildman–Crippen MR) is 348 cm³/mol. The van der Waals surface area contributed by atoms with Crippen LogP contribution in [-0.4, -0.2) is 37.2 Å². The smallest absolute Gasteiger partial charge is 0.306 e. The molecule has 0 saturated carbocycles. The Bertz CT molecular complexity index is 1560. The van der Waals surface area contributed by atoms with Crippen molar-refractivity contribution in [1.82, 2.24) is 0 Å². The van der Waals surface area contributed by atoms with E-state index in [4.69, 9.17) is 14.2 Å². The van der Waals surface area contributed by atoms with Crippen molar-refractivity contribution >= 4 is 17.9 Å². The Kier molecular flexibility index (Phi) is 64.7. The summed E-state index contributed by atoms with van der Waals surface area (Å²) in [5, 5.41) is 0. The minimum Gasteiger partial charge on any atom is -0.462 e. The number of unbranched alkanes of at least 4 members (excludes halogenated alkanes) is 35. The van der Waals surface area contributed by atoms with E-state index in [0.717, 1.165) is 122 Å². The molecule has 0 aromatic rings. The van der Waals surface area contributed by atoms with Gasteiger partial charge in [0.1, 0.15) is 13.2 Å². The first-order valence-corrected chi connectivity index (χ1v) is 34.2. The van der Waals surface area contributed by atoms with Crippen molar-refractivity contribution < 1.29 is 28.6 Å². The number of rotatable bonds is 62. The molecule has 0 aliphatic heterocycles. The number of esters is 3. The summed E-state index contributed by atoms with van der Waals surface area (Å²) in [5.74, 6) is -0.890. The highest BCUT2D eigenvalue weighted by molar-refractivity contribution is 5.71. The lowest BCUT2D eigenvalue weighted by Gasteiger charge is -2.18. The van der Waals surface area contributed by atoms with Crippen molar-refractivity contribution in [2.75, 3.05) is 13.2 Å². The summed E-state index contributed by atoms with van der Waals surface area (Å²) in [7, 11) is 0. The predicted octanol–water partition coefficient (Wildman–Crippen LogP) is 23.6. The molecule has 0 aromatic carbocycles. The molecule has 1 unspecified atom stereocenters. The topological polar surface area (TPSA) is 78.9 Å². The average Bonchev–Trinajstić information content (AvgIpc) is 3.46. The molecule has 80 heavy (non-hydrogen) atoms. The van der Waals surface area contributed by atoms with Gasteiger partial charge in [0.15, 0.2) is 6.10 Å². The molecule has 6 heteroatoms. The van der Waals surface area contributed by atoms with Crippen molar-refractivity contribution in [2.45, 2.75) is 341 Å². The van der Waals surface area contributed by atoms with E-state index in [2.05, 4.69) is 118 Å². The fraction of sp³-hybridized carbons (Fsp3) is 0.743. The van der Waals surface area contributed by atoms with Crippen molar-refractivity contribution in [1.29, 1.82) is 0 Å². The molecule has 0 aromatic heterocycles. The minimum atomic E-state index is -0.788. The Hall–Kier alpha value is -3.67. The molecule has 0 spiro atoms. The third-order valence-corrected chi connectivity index (χ3v) is 14.8. The summed E-state index contributed by atoms with van der Waals surface area (Å²) in [6, 6.07) is 0. The van der Waals surface area contributed by atoms with Crippen LogP contribution in [0, 0.1) is 0 Å². The highest BCUT2D eigenvalue weighted by atomic mass is 16.6. The molecule has 0 fully saturated rings.